The van der Waals surface area contributed by atoms with E-state index in [0.717, 1.165) is 32.7 Å². The van der Waals surface area contributed by atoms with Gasteiger partial charge in [0.1, 0.15) is 0 Å². The fourth-order valence-corrected chi connectivity index (χ4v) is 6.09. The van der Waals surface area contributed by atoms with Crippen molar-refractivity contribution in [2.45, 2.75) is 0 Å². The molecule has 2 heteroatoms. The molecular formula is C42H28N2. The van der Waals surface area contributed by atoms with Crippen molar-refractivity contribution < 1.29 is 19.2 Å². The van der Waals surface area contributed by atoms with Crippen LogP contribution in [0, 0.1) is 0 Å². The van der Waals surface area contributed by atoms with Crippen LogP contribution in [0.3, 0.4) is 0 Å². The maximum Gasteiger partial charge on any atom is 0.0651 e. The molecule has 0 amide bonds. The lowest BCUT2D eigenvalue weighted by Crippen LogP contribution is -1.94. The SMILES string of the molecule is [2H]c1c([2H])c([2H])c(-c2c([2H])c([2H])c([2H])c(-n3c4ccccc4c4cc(-c5ccc6c(c5)c5ccccc5n6-c5c([2H])c([2H])c([2H])c([2H])c5[2H])ccc43)c2[2H])c([2H])c1[2H]. The van der Waals surface area contributed by atoms with E-state index in [0.29, 0.717) is 22.1 Å². The highest BCUT2D eigenvalue weighted by Crippen LogP contribution is 2.38. The molecule has 0 saturated heterocycles. The monoisotopic (exact) mass is 574 g/mol. The first-order valence-electron chi connectivity index (χ1n) is 21.0. The number of nitrogens with zero attached hydrogens (tertiary/aromatic N) is 2. The Bertz CT molecular complexity index is 3230. The molecule has 0 spiro atoms. The fourth-order valence-electron chi connectivity index (χ4n) is 6.09. The number of aromatic nitrogens is 2. The van der Waals surface area contributed by atoms with Crippen molar-refractivity contribution in [2.75, 3.05) is 0 Å². The molecule has 9 rings (SSSR count). The molecule has 0 aliphatic carbocycles. The Morgan fingerprint density at radius 3 is 1.45 bits per heavy atom. The van der Waals surface area contributed by atoms with Gasteiger partial charge in [0.05, 0.1) is 41.3 Å². The normalized spacial score (nSPS) is 16.1. The van der Waals surface area contributed by atoms with Crippen molar-refractivity contribution in [1.29, 1.82) is 0 Å². The number of para-hydroxylation sites is 3. The van der Waals surface area contributed by atoms with Crippen molar-refractivity contribution >= 4 is 43.6 Å². The number of hydrogen-bond donors (Lipinski definition) is 0. The summed E-state index contributed by atoms with van der Waals surface area (Å²) in [6, 6.07) is 19.1. The van der Waals surface area contributed by atoms with E-state index in [4.69, 9.17) is 17.8 Å². The molecule has 0 fully saturated rings. The Hall–Kier alpha value is -5.86. The number of benzene rings is 7. The minimum absolute atomic E-state index is 0.0470. The molecule has 0 atom stereocenters. The van der Waals surface area contributed by atoms with Crippen molar-refractivity contribution in [3.05, 3.63) is 170 Å². The first-order chi connectivity index (χ1) is 27.6. The van der Waals surface area contributed by atoms with E-state index in [-0.39, 0.29) is 34.6 Å². The van der Waals surface area contributed by atoms with Crippen molar-refractivity contribution in [2.24, 2.45) is 0 Å². The van der Waals surface area contributed by atoms with E-state index < -0.39 is 72.5 Å². The van der Waals surface area contributed by atoms with Gasteiger partial charge in [0.15, 0.2) is 0 Å². The van der Waals surface area contributed by atoms with Gasteiger partial charge in [0, 0.05) is 32.9 Å². The van der Waals surface area contributed by atoms with Crippen LogP contribution in [-0.4, -0.2) is 9.13 Å². The summed E-state index contributed by atoms with van der Waals surface area (Å²) in [5, 5.41) is 3.09. The van der Waals surface area contributed by atoms with Crippen LogP contribution >= 0.6 is 0 Å². The molecule has 0 aliphatic rings. The summed E-state index contributed by atoms with van der Waals surface area (Å²) < 4.78 is 123. The van der Waals surface area contributed by atoms with Crippen LogP contribution in [-0.2, 0) is 0 Å². The van der Waals surface area contributed by atoms with E-state index in [1.54, 1.807) is 21.3 Å². The molecule has 44 heavy (non-hydrogen) atoms. The standard InChI is InChI=1S/C42H28N2/c1-3-12-29(13-4-1)30-14-11-17-34(26-30)44-40-21-10-8-19-36(40)38-28-32(23-25-42(38)44)31-22-24-41-37(27-31)35-18-7-9-20-39(35)43(41)33-15-5-2-6-16-33/h1-28H/i1D,2D,3D,4D,5D,6D,11D,12D,13D,14D,15D,16D,17D,26D. The van der Waals surface area contributed by atoms with Crippen LogP contribution in [0.1, 0.15) is 19.2 Å². The Balaban J connectivity index is 1.28. The molecule has 0 radical (unpaired) electrons. The topological polar surface area (TPSA) is 9.86 Å². The van der Waals surface area contributed by atoms with Gasteiger partial charge >= 0.3 is 0 Å². The summed E-state index contributed by atoms with van der Waals surface area (Å²) in [6.45, 7) is 0. The molecule has 2 aromatic heterocycles. The van der Waals surface area contributed by atoms with Crippen LogP contribution in [0.15, 0.2) is 170 Å². The van der Waals surface area contributed by atoms with E-state index >= 15 is 0 Å². The van der Waals surface area contributed by atoms with E-state index in [9.17, 15) is 1.37 Å². The van der Waals surface area contributed by atoms with Gasteiger partial charge < -0.3 is 9.13 Å². The number of rotatable bonds is 4. The van der Waals surface area contributed by atoms with Gasteiger partial charge in [0.2, 0.25) is 0 Å². The average molecular weight is 575 g/mol. The third kappa shape index (κ3) is 3.82. The minimum atomic E-state index is -0.640. The number of hydrogen-bond acceptors (Lipinski definition) is 0. The molecule has 0 unspecified atom stereocenters. The first-order valence-corrected chi connectivity index (χ1v) is 14.0. The highest BCUT2D eigenvalue weighted by molar-refractivity contribution is 6.12. The Labute approximate surface area is 275 Å². The molecule has 7 aromatic carbocycles. The zero-order chi connectivity index (χ0) is 41.2. The predicted octanol–water partition coefficient (Wildman–Crippen LogP) is 11.2. The highest BCUT2D eigenvalue weighted by atomic mass is 15.0. The van der Waals surface area contributed by atoms with Gasteiger partial charge in [-0.25, -0.2) is 0 Å². The molecule has 0 saturated carbocycles. The van der Waals surface area contributed by atoms with Gasteiger partial charge in [-0.15, -0.1) is 0 Å². The summed E-state index contributed by atoms with van der Waals surface area (Å²) >= 11 is 0. The number of fused-ring (bicyclic) bond motifs is 6. The zero-order valence-corrected chi connectivity index (χ0v) is 23.0. The largest absolute Gasteiger partial charge is 0.309 e. The average Bonchev–Trinajstić information content (AvgIpc) is 3.73. The molecule has 2 nitrogen and oxygen atoms in total. The van der Waals surface area contributed by atoms with Gasteiger partial charge in [-0.1, -0.05) is 109 Å². The second-order valence-corrected chi connectivity index (χ2v) is 10.4. The maximum absolute atomic E-state index is 9.39. The predicted molar refractivity (Wildman–Crippen MR) is 186 cm³/mol. The summed E-state index contributed by atoms with van der Waals surface area (Å²) in [4.78, 5) is 0. The van der Waals surface area contributed by atoms with Gasteiger partial charge in [0.25, 0.3) is 0 Å². The smallest absolute Gasteiger partial charge is 0.0651 e. The first kappa shape index (κ1) is 14.5. The molecule has 0 N–H and O–H groups in total. The van der Waals surface area contributed by atoms with E-state index in [1.165, 1.54) is 0 Å². The van der Waals surface area contributed by atoms with Crippen LogP contribution < -0.4 is 0 Å². The lowest BCUT2D eigenvalue weighted by molar-refractivity contribution is 1.18. The van der Waals surface area contributed by atoms with Crippen LogP contribution in [0.5, 0.6) is 0 Å². The van der Waals surface area contributed by atoms with Crippen LogP contribution in [0.25, 0.3) is 77.2 Å². The zero-order valence-electron chi connectivity index (χ0n) is 37.0. The lowest BCUT2D eigenvalue weighted by atomic mass is 10.0. The third-order valence-corrected chi connectivity index (χ3v) is 7.97. The summed E-state index contributed by atoms with van der Waals surface area (Å²) in [7, 11) is 0. The molecule has 0 aliphatic heterocycles. The van der Waals surface area contributed by atoms with E-state index in [2.05, 4.69) is 0 Å². The Morgan fingerprint density at radius 2 is 0.841 bits per heavy atom. The van der Waals surface area contributed by atoms with Crippen LogP contribution in [0.2, 0.25) is 0 Å². The summed E-state index contributed by atoms with van der Waals surface area (Å²) in [6.07, 6.45) is 0. The second-order valence-electron chi connectivity index (χ2n) is 10.4. The molecule has 206 valence electrons. The summed E-state index contributed by atoms with van der Waals surface area (Å²) in [5.41, 5.74) is 3.31. The minimum Gasteiger partial charge on any atom is -0.309 e. The molecule has 2 heterocycles. The lowest BCUT2D eigenvalue weighted by Gasteiger charge is -2.11. The third-order valence-electron chi connectivity index (χ3n) is 7.97. The fraction of sp³-hybridized carbons (Fsp3) is 0. The molecule has 0 bridgehead atoms. The van der Waals surface area contributed by atoms with Crippen LogP contribution in [0.4, 0.5) is 0 Å². The second kappa shape index (κ2) is 9.86. The quantitative estimate of drug-likeness (QED) is 0.198. The van der Waals surface area contributed by atoms with Crippen molar-refractivity contribution in [1.82, 2.24) is 9.13 Å². The van der Waals surface area contributed by atoms with Gasteiger partial charge in [-0.05, 0) is 82.8 Å². The molecular weight excluding hydrogens is 532 g/mol. The highest BCUT2D eigenvalue weighted by Gasteiger charge is 2.16. The maximum atomic E-state index is 9.39. The van der Waals surface area contributed by atoms with Gasteiger partial charge in [-0.3, -0.25) is 0 Å². The Morgan fingerprint density at radius 1 is 0.364 bits per heavy atom. The van der Waals surface area contributed by atoms with Crippen molar-refractivity contribution in [3.8, 4) is 33.6 Å². The summed E-state index contributed by atoms with van der Waals surface area (Å²) in [5.74, 6) is 0. The Kier molecular flexibility index (Phi) is 3.26. The molecule has 9 aromatic rings. The van der Waals surface area contributed by atoms with Gasteiger partial charge in [-0.2, -0.15) is 0 Å². The van der Waals surface area contributed by atoms with Crippen molar-refractivity contribution in [3.63, 3.8) is 0 Å². The van der Waals surface area contributed by atoms with E-state index in [1.807, 2.05) is 72.8 Å².